The van der Waals surface area contributed by atoms with Gasteiger partial charge in [-0.15, -0.1) is 0 Å². The van der Waals surface area contributed by atoms with Crippen molar-refractivity contribution < 1.29 is 14.6 Å². The Morgan fingerprint density at radius 1 is 0.966 bits per heavy atom. The highest BCUT2D eigenvalue weighted by molar-refractivity contribution is 6.07. The number of carboxylic acids is 1. The molecule has 29 heavy (non-hydrogen) atoms. The maximum Gasteiger partial charge on any atom is 0.336 e. The number of aryl methyl sites for hydroxylation is 1. The van der Waals surface area contributed by atoms with E-state index in [1.165, 1.54) is 5.56 Å². The summed E-state index contributed by atoms with van der Waals surface area (Å²) in [6.07, 6.45) is 0.971. The van der Waals surface area contributed by atoms with Crippen molar-refractivity contribution in [3.63, 3.8) is 0 Å². The summed E-state index contributed by atoms with van der Waals surface area (Å²) in [4.78, 5) is 16.8. The zero-order chi connectivity index (χ0) is 20.4. The first kappa shape index (κ1) is 18.7. The fourth-order valence-corrected chi connectivity index (χ4v) is 3.49. The summed E-state index contributed by atoms with van der Waals surface area (Å²) in [5, 5.41) is 10.4. The number of carbonyl (C=O) groups is 1. The quantitative estimate of drug-likeness (QED) is 0.470. The molecule has 0 saturated carbocycles. The van der Waals surface area contributed by atoms with Gasteiger partial charge in [-0.05, 0) is 47.9 Å². The zero-order valence-electron chi connectivity index (χ0n) is 16.3. The van der Waals surface area contributed by atoms with E-state index in [0.717, 1.165) is 28.9 Å². The molecular formula is C25H21NO3. The lowest BCUT2D eigenvalue weighted by Gasteiger charge is -2.12. The summed E-state index contributed by atoms with van der Waals surface area (Å²) >= 11 is 0. The largest absolute Gasteiger partial charge is 0.497 e. The molecule has 4 aromatic rings. The van der Waals surface area contributed by atoms with Crippen molar-refractivity contribution in [2.75, 3.05) is 7.11 Å². The second-order valence-electron chi connectivity index (χ2n) is 6.84. The minimum atomic E-state index is -0.967. The van der Waals surface area contributed by atoms with Crippen LogP contribution in [0.5, 0.6) is 5.75 Å². The van der Waals surface area contributed by atoms with Crippen molar-refractivity contribution in [2.24, 2.45) is 0 Å². The molecule has 0 unspecified atom stereocenters. The van der Waals surface area contributed by atoms with Gasteiger partial charge in [0.1, 0.15) is 5.75 Å². The molecule has 0 aliphatic rings. The summed E-state index contributed by atoms with van der Waals surface area (Å²) in [6, 6.07) is 23.1. The van der Waals surface area contributed by atoms with E-state index in [1.54, 1.807) is 13.2 Å². The van der Waals surface area contributed by atoms with Crippen LogP contribution in [0, 0.1) is 0 Å². The number of para-hydroxylation sites is 1. The van der Waals surface area contributed by atoms with Crippen LogP contribution in [0.2, 0.25) is 0 Å². The van der Waals surface area contributed by atoms with Crippen molar-refractivity contribution in [1.29, 1.82) is 0 Å². The second-order valence-corrected chi connectivity index (χ2v) is 6.84. The van der Waals surface area contributed by atoms with Crippen LogP contribution in [0.1, 0.15) is 22.8 Å². The molecule has 0 saturated heterocycles. The number of methoxy groups -OCH3 is 1. The molecular weight excluding hydrogens is 362 g/mol. The van der Waals surface area contributed by atoms with Crippen LogP contribution < -0.4 is 4.74 Å². The molecule has 3 aromatic carbocycles. The summed E-state index contributed by atoms with van der Waals surface area (Å²) in [5.41, 5.74) is 5.58. The predicted octanol–water partition coefficient (Wildman–Crippen LogP) is 5.84. The minimum absolute atomic E-state index is 0.243. The molecule has 0 amide bonds. The van der Waals surface area contributed by atoms with Crippen LogP contribution in [-0.2, 0) is 6.42 Å². The molecule has 0 aliphatic carbocycles. The molecule has 0 radical (unpaired) electrons. The van der Waals surface area contributed by atoms with E-state index in [0.29, 0.717) is 16.6 Å². The molecule has 0 fully saturated rings. The van der Waals surface area contributed by atoms with Gasteiger partial charge < -0.3 is 9.84 Å². The number of rotatable bonds is 5. The van der Waals surface area contributed by atoms with Gasteiger partial charge in [0, 0.05) is 16.5 Å². The number of nitrogens with zero attached hydrogens (tertiary/aromatic N) is 1. The molecule has 144 valence electrons. The second kappa shape index (κ2) is 7.76. The van der Waals surface area contributed by atoms with E-state index in [2.05, 4.69) is 31.2 Å². The Morgan fingerprint density at radius 3 is 2.28 bits per heavy atom. The standard InChI is InChI=1S/C25H21NO3/c1-3-16-7-9-17(10-8-16)20-5-4-6-21-22(25(27)28)15-23(26-24(20)21)18-11-13-19(29-2)14-12-18/h4-15H,3H2,1-2H3,(H,27,28). The van der Waals surface area contributed by atoms with Crippen LogP contribution in [0.3, 0.4) is 0 Å². The lowest BCUT2D eigenvalue weighted by molar-refractivity contribution is 0.0699. The number of hydrogen-bond acceptors (Lipinski definition) is 3. The van der Waals surface area contributed by atoms with E-state index >= 15 is 0 Å². The Labute approximate surface area is 169 Å². The zero-order valence-corrected chi connectivity index (χ0v) is 16.3. The topological polar surface area (TPSA) is 59.4 Å². The van der Waals surface area contributed by atoms with E-state index < -0.39 is 5.97 Å². The fourth-order valence-electron chi connectivity index (χ4n) is 3.49. The number of fused-ring (bicyclic) bond motifs is 1. The Hall–Kier alpha value is -3.66. The number of carboxylic acid groups (broad SMARTS) is 1. The third-order valence-corrected chi connectivity index (χ3v) is 5.13. The maximum absolute atomic E-state index is 12.0. The number of aromatic nitrogens is 1. The summed E-state index contributed by atoms with van der Waals surface area (Å²) in [5.74, 6) is -0.227. The summed E-state index contributed by atoms with van der Waals surface area (Å²) < 4.78 is 5.22. The fraction of sp³-hybridized carbons (Fsp3) is 0.120. The van der Waals surface area contributed by atoms with E-state index in [9.17, 15) is 9.90 Å². The molecule has 0 atom stereocenters. The van der Waals surface area contributed by atoms with Crippen molar-refractivity contribution in [3.05, 3.63) is 83.9 Å². The first-order valence-corrected chi connectivity index (χ1v) is 9.51. The Kier molecular flexibility index (Phi) is 5.00. The molecule has 0 spiro atoms. The Bertz CT molecular complexity index is 1180. The smallest absolute Gasteiger partial charge is 0.336 e. The van der Waals surface area contributed by atoms with E-state index in [4.69, 9.17) is 9.72 Å². The van der Waals surface area contributed by atoms with Gasteiger partial charge in [-0.2, -0.15) is 0 Å². The van der Waals surface area contributed by atoms with Gasteiger partial charge in [-0.3, -0.25) is 0 Å². The number of benzene rings is 3. The van der Waals surface area contributed by atoms with Gasteiger partial charge >= 0.3 is 5.97 Å². The van der Waals surface area contributed by atoms with Crippen LogP contribution in [0.4, 0.5) is 0 Å². The number of pyridine rings is 1. The van der Waals surface area contributed by atoms with E-state index in [-0.39, 0.29) is 5.56 Å². The average molecular weight is 383 g/mol. The van der Waals surface area contributed by atoms with Crippen LogP contribution >= 0.6 is 0 Å². The number of hydrogen-bond donors (Lipinski definition) is 1. The lowest BCUT2D eigenvalue weighted by atomic mass is 9.97. The highest BCUT2D eigenvalue weighted by Gasteiger charge is 2.16. The van der Waals surface area contributed by atoms with E-state index in [1.807, 2.05) is 42.5 Å². The molecule has 1 N–H and O–H groups in total. The summed E-state index contributed by atoms with van der Waals surface area (Å²) in [7, 11) is 1.61. The first-order chi connectivity index (χ1) is 14.1. The molecule has 4 rings (SSSR count). The van der Waals surface area contributed by atoms with Gasteiger partial charge in [0.2, 0.25) is 0 Å². The minimum Gasteiger partial charge on any atom is -0.497 e. The van der Waals surface area contributed by atoms with Gasteiger partial charge in [-0.1, -0.05) is 49.4 Å². The van der Waals surface area contributed by atoms with Crippen LogP contribution in [0.15, 0.2) is 72.8 Å². The van der Waals surface area contributed by atoms with Crippen LogP contribution in [-0.4, -0.2) is 23.2 Å². The third-order valence-electron chi connectivity index (χ3n) is 5.13. The molecule has 0 aliphatic heterocycles. The molecule has 4 nitrogen and oxygen atoms in total. The number of aromatic carboxylic acids is 1. The molecule has 0 bridgehead atoms. The number of ether oxygens (including phenoxy) is 1. The van der Waals surface area contributed by atoms with Crippen molar-refractivity contribution in [1.82, 2.24) is 4.98 Å². The molecule has 4 heteroatoms. The summed E-state index contributed by atoms with van der Waals surface area (Å²) in [6.45, 7) is 2.12. The van der Waals surface area contributed by atoms with Gasteiger partial charge in [0.15, 0.2) is 0 Å². The lowest BCUT2D eigenvalue weighted by Crippen LogP contribution is -2.01. The van der Waals surface area contributed by atoms with Crippen molar-refractivity contribution in [3.8, 4) is 28.1 Å². The van der Waals surface area contributed by atoms with Gasteiger partial charge in [0.25, 0.3) is 0 Å². The highest BCUT2D eigenvalue weighted by atomic mass is 16.5. The monoisotopic (exact) mass is 383 g/mol. The average Bonchev–Trinajstić information content (AvgIpc) is 2.78. The SMILES string of the molecule is CCc1ccc(-c2cccc3c(C(=O)O)cc(-c4ccc(OC)cc4)nc23)cc1. The predicted molar refractivity (Wildman–Crippen MR) is 116 cm³/mol. The highest BCUT2D eigenvalue weighted by Crippen LogP contribution is 2.32. The third kappa shape index (κ3) is 3.57. The van der Waals surface area contributed by atoms with Gasteiger partial charge in [0.05, 0.1) is 23.9 Å². The first-order valence-electron chi connectivity index (χ1n) is 9.51. The van der Waals surface area contributed by atoms with Crippen molar-refractivity contribution >= 4 is 16.9 Å². The molecule has 1 heterocycles. The Morgan fingerprint density at radius 2 is 1.66 bits per heavy atom. The van der Waals surface area contributed by atoms with Crippen molar-refractivity contribution in [2.45, 2.75) is 13.3 Å². The van der Waals surface area contributed by atoms with Gasteiger partial charge in [-0.25, -0.2) is 9.78 Å². The van der Waals surface area contributed by atoms with Crippen LogP contribution in [0.25, 0.3) is 33.3 Å². The normalized spacial score (nSPS) is 10.8. The maximum atomic E-state index is 12.0. The molecule has 1 aromatic heterocycles. The Balaban J connectivity index is 1.95.